The van der Waals surface area contributed by atoms with E-state index < -0.39 is 5.91 Å². The molecule has 0 aliphatic carbocycles. The Morgan fingerprint density at radius 3 is 2.65 bits per heavy atom. The smallest absolute Gasteiger partial charge is 0.292 e. The second-order valence-corrected chi connectivity index (χ2v) is 7.32. The number of aryl methyl sites for hydroxylation is 2. The summed E-state index contributed by atoms with van der Waals surface area (Å²) in [5.74, 6) is 1.08. The minimum Gasteiger partial charge on any atom is -0.486 e. The number of rotatable bonds is 7. The SMILES string of the molecule is Cc1cc(C)cc(OCc2ccc(C(=O)Nc3ccn(Cc4ccccc4F)n3)o2)c1. The maximum absolute atomic E-state index is 13.8. The van der Waals surface area contributed by atoms with Crippen LogP contribution in [-0.4, -0.2) is 15.7 Å². The molecule has 0 saturated heterocycles. The van der Waals surface area contributed by atoms with Gasteiger partial charge in [-0.1, -0.05) is 24.3 Å². The molecule has 0 unspecified atom stereocenters. The zero-order valence-corrected chi connectivity index (χ0v) is 17.3. The van der Waals surface area contributed by atoms with Crippen LogP contribution in [0.4, 0.5) is 10.2 Å². The van der Waals surface area contributed by atoms with Gasteiger partial charge in [0, 0.05) is 17.8 Å². The lowest BCUT2D eigenvalue weighted by molar-refractivity contribution is 0.0992. The van der Waals surface area contributed by atoms with Crippen LogP contribution in [0.1, 0.15) is 33.0 Å². The highest BCUT2D eigenvalue weighted by Gasteiger charge is 2.14. The van der Waals surface area contributed by atoms with Gasteiger partial charge < -0.3 is 14.5 Å². The Kier molecular flexibility index (Phi) is 5.84. The average Bonchev–Trinajstić information content (AvgIpc) is 3.37. The van der Waals surface area contributed by atoms with Crippen LogP contribution in [0.3, 0.4) is 0 Å². The zero-order valence-electron chi connectivity index (χ0n) is 17.3. The number of hydrogen-bond acceptors (Lipinski definition) is 4. The Morgan fingerprint density at radius 2 is 1.87 bits per heavy atom. The highest BCUT2D eigenvalue weighted by Crippen LogP contribution is 2.19. The number of amides is 1. The quantitative estimate of drug-likeness (QED) is 0.452. The van der Waals surface area contributed by atoms with Crippen LogP contribution < -0.4 is 10.1 Å². The van der Waals surface area contributed by atoms with Crippen molar-refractivity contribution in [2.45, 2.75) is 27.0 Å². The molecule has 0 aliphatic heterocycles. The lowest BCUT2D eigenvalue weighted by Crippen LogP contribution is -2.12. The summed E-state index contributed by atoms with van der Waals surface area (Å²) in [6.45, 7) is 4.50. The van der Waals surface area contributed by atoms with E-state index in [0.29, 0.717) is 17.1 Å². The fourth-order valence-electron chi connectivity index (χ4n) is 3.24. The minimum atomic E-state index is -0.422. The van der Waals surface area contributed by atoms with E-state index in [1.807, 2.05) is 26.0 Å². The summed E-state index contributed by atoms with van der Waals surface area (Å²) in [5.41, 5.74) is 2.75. The van der Waals surface area contributed by atoms with E-state index >= 15 is 0 Å². The van der Waals surface area contributed by atoms with Crippen molar-refractivity contribution in [3.05, 3.63) is 101 Å². The number of halogens is 1. The fourth-order valence-corrected chi connectivity index (χ4v) is 3.24. The second-order valence-electron chi connectivity index (χ2n) is 7.32. The van der Waals surface area contributed by atoms with Gasteiger partial charge in [0.2, 0.25) is 0 Å². The maximum atomic E-state index is 13.8. The van der Waals surface area contributed by atoms with E-state index in [1.165, 1.54) is 6.07 Å². The zero-order chi connectivity index (χ0) is 21.8. The summed E-state index contributed by atoms with van der Waals surface area (Å²) >= 11 is 0. The van der Waals surface area contributed by atoms with Crippen LogP contribution in [-0.2, 0) is 13.2 Å². The summed E-state index contributed by atoms with van der Waals surface area (Å²) in [6, 6.07) is 17.4. The Hall–Kier alpha value is -3.87. The maximum Gasteiger partial charge on any atom is 0.292 e. The number of nitrogens with zero attached hydrogens (tertiary/aromatic N) is 2. The number of ether oxygens (including phenoxy) is 1. The van der Waals surface area contributed by atoms with Gasteiger partial charge in [0.05, 0.1) is 6.54 Å². The first-order chi connectivity index (χ1) is 15.0. The first kappa shape index (κ1) is 20.4. The summed E-state index contributed by atoms with van der Waals surface area (Å²) in [6.07, 6.45) is 1.67. The van der Waals surface area contributed by atoms with E-state index in [2.05, 4.69) is 16.5 Å². The number of carbonyl (C=O) groups is 1. The van der Waals surface area contributed by atoms with Gasteiger partial charge in [0.15, 0.2) is 11.6 Å². The van der Waals surface area contributed by atoms with Gasteiger partial charge in [0.25, 0.3) is 5.91 Å². The van der Waals surface area contributed by atoms with Gasteiger partial charge in [-0.15, -0.1) is 0 Å². The number of benzene rings is 2. The average molecular weight is 419 g/mol. The Morgan fingerprint density at radius 1 is 1.10 bits per heavy atom. The van der Waals surface area contributed by atoms with Gasteiger partial charge in [0.1, 0.15) is 23.9 Å². The molecule has 4 rings (SSSR count). The first-order valence-corrected chi connectivity index (χ1v) is 9.84. The van der Waals surface area contributed by atoms with Crippen molar-refractivity contribution in [3.63, 3.8) is 0 Å². The molecule has 0 aliphatic rings. The van der Waals surface area contributed by atoms with Crippen molar-refractivity contribution in [3.8, 4) is 5.75 Å². The van der Waals surface area contributed by atoms with Crippen molar-refractivity contribution in [2.24, 2.45) is 0 Å². The molecule has 0 spiro atoms. The lowest BCUT2D eigenvalue weighted by Gasteiger charge is -2.06. The largest absolute Gasteiger partial charge is 0.486 e. The molecule has 0 radical (unpaired) electrons. The molecular formula is C24H22FN3O3. The highest BCUT2D eigenvalue weighted by atomic mass is 19.1. The summed E-state index contributed by atoms with van der Waals surface area (Å²) in [7, 11) is 0. The van der Waals surface area contributed by atoms with Crippen molar-refractivity contribution in [2.75, 3.05) is 5.32 Å². The number of furan rings is 1. The number of anilines is 1. The molecule has 1 N–H and O–H groups in total. The van der Waals surface area contributed by atoms with Crippen LogP contribution in [0.15, 0.2) is 71.3 Å². The van der Waals surface area contributed by atoms with Crippen LogP contribution >= 0.6 is 0 Å². The van der Waals surface area contributed by atoms with Crippen molar-refractivity contribution in [1.82, 2.24) is 9.78 Å². The van der Waals surface area contributed by atoms with Gasteiger partial charge in [-0.2, -0.15) is 5.10 Å². The van der Waals surface area contributed by atoms with E-state index in [0.717, 1.165) is 16.9 Å². The van der Waals surface area contributed by atoms with Crippen LogP contribution in [0, 0.1) is 19.7 Å². The van der Waals surface area contributed by atoms with E-state index in [9.17, 15) is 9.18 Å². The Bertz CT molecular complexity index is 1190. The van der Waals surface area contributed by atoms with E-state index in [-0.39, 0.29) is 24.7 Å². The van der Waals surface area contributed by atoms with Crippen LogP contribution in [0.5, 0.6) is 5.75 Å². The fraction of sp³-hybridized carbons (Fsp3) is 0.167. The van der Waals surface area contributed by atoms with Gasteiger partial charge in [-0.05, 0) is 55.3 Å². The van der Waals surface area contributed by atoms with Crippen LogP contribution in [0.2, 0.25) is 0 Å². The molecule has 1 amide bonds. The standard InChI is InChI=1S/C24H22FN3O3/c1-16-11-17(2)13-20(12-16)30-15-19-7-8-22(31-19)24(29)26-23-9-10-28(27-23)14-18-5-3-4-6-21(18)25/h3-13H,14-15H2,1-2H3,(H,26,27,29). The number of carbonyl (C=O) groups excluding carboxylic acids is 1. The number of hydrogen-bond donors (Lipinski definition) is 1. The van der Waals surface area contributed by atoms with Gasteiger partial charge >= 0.3 is 0 Å². The third-order valence-corrected chi connectivity index (χ3v) is 4.63. The summed E-state index contributed by atoms with van der Waals surface area (Å²) in [4.78, 5) is 12.5. The molecule has 31 heavy (non-hydrogen) atoms. The van der Waals surface area contributed by atoms with E-state index in [4.69, 9.17) is 9.15 Å². The molecule has 2 aromatic carbocycles. The second kappa shape index (κ2) is 8.87. The lowest BCUT2D eigenvalue weighted by atomic mass is 10.1. The van der Waals surface area contributed by atoms with Crippen molar-refractivity contribution < 1.29 is 18.3 Å². The van der Waals surface area contributed by atoms with Crippen LogP contribution in [0.25, 0.3) is 0 Å². The predicted octanol–water partition coefficient (Wildman–Crippen LogP) is 5.11. The molecule has 4 aromatic rings. The first-order valence-electron chi connectivity index (χ1n) is 9.84. The molecule has 7 heteroatoms. The van der Waals surface area contributed by atoms with E-state index in [1.54, 1.807) is 47.3 Å². The number of aromatic nitrogens is 2. The number of nitrogens with one attached hydrogen (secondary N) is 1. The van der Waals surface area contributed by atoms with Gasteiger partial charge in [-0.3, -0.25) is 9.48 Å². The molecular weight excluding hydrogens is 397 g/mol. The normalized spacial score (nSPS) is 10.8. The molecule has 0 bridgehead atoms. The highest BCUT2D eigenvalue weighted by molar-refractivity contribution is 6.01. The third-order valence-electron chi connectivity index (χ3n) is 4.63. The minimum absolute atomic E-state index is 0.155. The van der Waals surface area contributed by atoms with Crippen molar-refractivity contribution >= 4 is 11.7 Å². The molecule has 6 nitrogen and oxygen atoms in total. The molecule has 0 fully saturated rings. The summed E-state index contributed by atoms with van der Waals surface area (Å²) in [5, 5.41) is 6.94. The predicted molar refractivity (Wildman–Crippen MR) is 115 cm³/mol. The summed E-state index contributed by atoms with van der Waals surface area (Å²) < 4.78 is 26.7. The monoisotopic (exact) mass is 419 g/mol. The molecule has 158 valence electrons. The van der Waals surface area contributed by atoms with Crippen molar-refractivity contribution in [1.29, 1.82) is 0 Å². The Balaban J connectivity index is 1.35. The molecule has 2 heterocycles. The topological polar surface area (TPSA) is 69.3 Å². The van der Waals surface area contributed by atoms with Gasteiger partial charge in [-0.25, -0.2) is 4.39 Å². The Labute approximate surface area is 179 Å². The third kappa shape index (κ3) is 5.19. The molecule has 0 atom stereocenters. The molecule has 0 saturated carbocycles. The molecule has 2 aromatic heterocycles.